The minimum atomic E-state index is -1.35. The smallest absolute Gasteiger partial charge is 0.173 e. The van der Waals surface area contributed by atoms with Gasteiger partial charge in [-0.25, -0.2) is 0 Å². The third kappa shape index (κ3) is 7.72. The summed E-state index contributed by atoms with van der Waals surface area (Å²) < 4.78 is 17.6. The van der Waals surface area contributed by atoms with Gasteiger partial charge < -0.3 is 18.9 Å². The molecule has 55 heavy (non-hydrogen) atoms. The monoisotopic (exact) mass is 766 g/mol. The molecular formula is C45H36Cl2N4O4. The second-order valence-corrected chi connectivity index (χ2v) is 13.9. The van der Waals surface area contributed by atoms with E-state index in [9.17, 15) is 5.11 Å². The van der Waals surface area contributed by atoms with Crippen molar-refractivity contribution in [3.63, 3.8) is 0 Å². The standard InChI is InChI=1S/C23H19ClN2O2.C22H17ClN2O2/c1-23(27-2,18-9-6-14-25-15-18)20-21(16-10-12-19(24)13-11-16)26-28-22(20)17-7-4-3-5-8-17;1-22(26,17-8-5-13-24-14-17)19-20(15-9-11-18(23)12-10-15)25-27-21(19)16-6-3-2-4-7-16/h3-15H,1-2H3;2-14,26H,1H3. The summed E-state index contributed by atoms with van der Waals surface area (Å²) in [6.07, 6.45) is 6.86. The maximum absolute atomic E-state index is 11.5. The normalized spacial score (nSPS) is 13.3. The molecule has 0 bridgehead atoms. The van der Waals surface area contributed by atoms with E-state index in [-0.39, 0.29) is 0 Å². The van der Waals surface area contributed by atoms with Crippen molar-refractivity contribution in [2.24, 2.45) is 0 Å². The molecule has 0 aliphatic rings. The molecule has 2 unspecified atom stereocenters. The number of pyridine rings is 2. The van der Waals surface area contributed by atoms with Gasteiger partial charge in [0.05, 0.1) is 11.1 Å². The van der Waals surface area contributed by atoms with Crippen molar-refractivity contribution in [1.29, 1.82) is 0 Å². The molecule has 0 saturated carbocycles. The highest BCUT2D eigenvalue weighted by atomic mass is 35.5. The van der Waals surface area contributed by atoms with Crippen LogP contribution in [0.5, 0.6) is 0 Å². The number of aliphatic hydroxyl groups is 1. The molecule has 8 aromatic rings. The number of methoxy groups -OCH3 is 1. The average Bonchev–Trinajstić information content (AvgIpc) is 3.90. The molecule has 0 aliphatic carbocycles. The molecule has 1 N–H and O–H groups in total. The number of nitrogens with zero attached hydrogens (tertiary/aromatic N) is 4. The molecule has 8 rings (SSSR count). The fraction of sp³-hybridized carbons (Fsp3) is 0.111. The van der Waals surface area contributed by atoms with Crippen molar-refractivity contribution in [1.82, 2.24) is 20.3 Å². The molecule has 0 saturated heterocycles. The Morgan fingerprint density at radius 3 is 1.40 bits per heavy atom. The van der Waals surface area contributed by atoms with Gasteiger partial charge in [0, 0.05) is 75.3 Å². The first-order valence-corrected chi connectivity index (χ1v) is 18.2. The number of hydrogen-bond acceptors (Lipinski definition) is 8. The van der Waals surface area contributed by atoms with Crippen molar-refractivity contribution >= 4 is 23.2 Å². The van der Waals surface area contributed by atoms with E-state index in [1.807, 2.05) is 122 Å². The van der Waals surface area contributed by atoms with Crippen LogP contribution in [0.25, 0.3) is 45.2 Å². The van der Waals surface area contributed by atoms with E-state index in [0.717, 1.165) is 33.4 Å². The zero-order valence-electron chi connectivity index (χ0n) is 30.2. The third-order valence-electron chi connectivity index (χ3n) is 9.50. The molecule has 4 aromatic carbocycles. The Bertz CT molecular complexity index is 2460. The van der Waals surface area contributed by atoms with Crippen LogP contribution in [0.15, 0.2) is 167 Å². The van der Waals surface area contributed by atoms with Gasteiger partial charge in [0.1, 0.15) is 22.6 Å². The van der Waals surface area contributed by atoms with Gasteiger partial charge in [0.25, 0.3) is 0 Å². The van der Waals surface area contributed by atoms with E-state index in [1.54, 1.807) is 57.0 Å². The van der Waals surface area contributed by atoms with E-state index >= 15 is 0 Å². The zero-order chi connectivity index (χ0) is 38.4. The van der Waals surface area contributed by atoms with E-state index in [1.165, 1.54) is 0 Å². The van der Waals surface area contributed by atoms with Gasteiger partial charge >= 0.3 is 0 Å². The summed E-state index contributed by atoms with van der Waals surface area (Å²) in [7, 11) is 1.68. The summed E-state index contributed by atoms with van der Waals surface area (Å²) >= 11 is 12.1. The summed E-state index contributed by atoms with van der Waals surface area (Å²) in [6, 6.07) is 41.9. The molecule has 274 valence electrons. The molecule has 4 aromatic heterocycles. The van der Waals surface area contributed by atoms with Crippen LogP contribution in [0.2, 0.25) is 10.0 Å². The summed E-state index contributed by atoms with van der Waals surface area (Å²) in [4.78, 5) is 8.43. The Balaban J connectivity index is 0.000000169. The largest absolute Gasteiger partial charge is 0.380 e. The molecule has 0 aliphatic heterocycles. The quantitative estimate of drug-likeness (QED) is 0.155. The molecule has 0 amide bonds. The van der Waals surface area contributed by atoms with E-state index < -0.39 is 11.2 Å². The number of benzene rings is 4. The Morgan fingerprint density at radius 1 is 0.527 bits per heavy atom. The van der Waals surface area contributed by atoms with Crippen molar-refractivity contribution in [3.8, 4) is 45.2 Å². The van der Waals surface area contributed by atoms with Crippen LogP contribution in [0.4, 0.5) is 0 Å². The molecule has 0 fully saturated rings. The second-order valence-electron chi connectivity index (χ2n) is 13.0. The predicted octanol–water partition coefficient (Wildman–Crippen LogP) is 11.3. The molecule has 0 radical (unpaired) electrons. The molecule has 4 heterocycles. The molecule has 2 atom stereocenters. The van der Waals surface area contributed by atoms with Crippen LogP contribution in [-0.4, -0.2) is 32.5 Å². The van der Waals surface area contributed by atoms with Crippen LogP contribution < -0.4 is 0 Å². The maximum atomic E-state index is 11.5. The van der Waals surface area contributed by atoms with Crippen LogP contribution in [0.1, 0.15) is 36.1 Å². The molecular weight excluding hydrogens is 731 g/mol. The van der Waals surface area contributed by atoms with Crippen LogP contribution in [-0.2, 0) is 15.9 Å². The Labute approximate surface area is 329 Å². The fourth-order valence-electron chi connectivity index (χ4n) is 6.46. The minimum Gasteiger partial charge on any atom is -0.380 e. The maximum Gasteiger partial charge on any atom is 0.173 e. The number of rotatable bonds is 9. The van der Waals surface area contributed by atoms with Gasteiger partial charge in [-0.15, -0.1) is 0 Å². The van der Waals surface area contributed by atoms with E-state index in [2.05, 4.69) is 20.3 Å². The lowest BCUT2D eigenvalue weighted by atomic mass is 9.84. The van der Waals surface area contributed by atoms with Crippen LogP contribution in [0.3, 0.4) is 0 Å². The first-order valence-electron chi connectivity index (χ1n) is 17.4. The first kappa shape index (κ1) is 37.4. The summed E-state index contributed by atoms with van der Waals surface area (Å²) in [6.45, 7) is 3.73. The van der Waals surface area contributed by atoms with Gasteiger partial charge in [-0.1, -0.05) is 131 Å². The summed E-state index contributed by atoms with van der Waals surface area (Å²) in [5.41, 5.74) is 5.59. The second kappa shape index (κ2) is 16.2. The van der Waals surface area contributed by atoms with Crippen molar-refractivity contribution in [2.45, 2.75) is 25.0 Å². The van der Waals surface area contributed by atoms with Crippen molar-refractivity contribution in [3.05, 3.63) is 191 Å². The number of hydrogen-bond donors (Lipinski definition) is 1. The van der Waals surface area contributed by atoms with E-state index in [4.69, 9.17) is 37.0 Å². The first-order chi connectivity index (χ1) is 26.7. The number of ether oxygens (including phenoxy) is 1. The summed E-state index contributed by atoms with van der Waals surface area (Å²) in [5.74, 6) is 1.19. The molecule has 0 spiro atoms. The number of aromatic nitrogens is 4. The zero-order valence-corrected chi connectivity index (χ0v) is 31.7. The highest BCUT2D eigenvalue weighted by Crippen LogP contribution is 2.45. The van der Waals surface area contributed by atoms with Gasteiger partial charge in [0.2, 0.25) is 0 Å². The lowest BCUT2D eigenvalue weighted by Crippen LogP contribution is -2.27. The van der Waals surface area contributed by atoms with E-state index in [0.29, 0.717) is 44.1 Å². The van der Waals surface area contributed by atoms with Gasteiger partial charge in [-0.2, -0.15) is 0 Å². The van der Waals surface area contributed by atoms with Gasteiger partial charge in [0.15, 0.2) is 11.5 Å². The highest BCUT2D eigenvalue weighted by Gasteiger charge is 2.39. The highest BCUT2D eigenvalue weighted by molar-refractivity contribution is 6.30. The SMILES string of the molecule is CC(O)(c1cccnc1)c1c(-c2ccc(Cl)cc2)noc1-c1ccccc1.COC(C)(c1cccnc1)c1c(-c2ccc(Cl)cc2)noc1-c1ccccc1. The van der Waals surface area contributed by atoms with Crippen LogP contribution >= 0.6 is 23.2 Å². The van der Waals surface area contributed by atoms with Gasteiger partial charge in [-0.05, 0) is 50.2 Å². The topological polar surface area (TPSA) is 107 Å². The van der Waals surface area contributed by atoms with Crippen molar-refractivity contribution in [2.75, 3.05) is 7.11 Å². The lowest BCUT2D eigenvalue weighted by molar-refractivity contribution is 0.0393. The molecule has 10 heteroatoms. The summed E-state index contributed by atoms with van der Waals surface area (Å²) in [5, 5.41) is 21.5. The third-order valence-corrected chi connectivity index (χ3v) is 10.0. The molecule has 8 nitrogen and oxygen atoms in total. The fourth-order valence-corrected chi connectivity index (χ4v) is 6.71. The Kier molecular flexibility index (Phi) is 11.0. The minimum absolute atomic E-state index is 0.523. The van der Waals surface area contributed by atoms with Gasteiger partial charge in [-0.3, -0.25) is 9.97 Å². The van der Waals surface area contributed by atoms with Crippen LogP contribution in [0, 0.1) is 0 Å². The number of halogens is 2. The Hall–Kier alpha value is -5.90. The predicted molar refractivity (Wildman–Crippen MR) is 215 cm³/mol. The lowest BCUT2D eigenvalue weighted by Gasteiger charge is -2.29. The Morgan fingerprint density at radius 2 is 0.964 bits per heavy atom. The average molecular weight is 768 g/mol. The van der Waals surface area contributed by atoms with Crippen molar-refractivity contribution < 1.29 is 18.9 Å².